The third-order valence-electron chi connectivity index (χ3n) is 3.49. The van der Waals surface area contributed by atoms with Crippen LogP contribution in [-0.4, -0.2) is 50.9 Å². The molecule has 0 aliphatic carbocycles. The van der Waals surface area contributed by atoms with Gasteiger partial charge in [0, 0.05) is 26.1 Å². The Morgan fingerprint density at radius 3 is 2.58 bits per heavy atom. The van der Waals surface area contributed by atoms with Crippen molar-refractivity contribution in [2.75, 3.05) is 19.6 Å². The first-order valence-electron chi connectivity index (χ1n) is 6.91. The Bertz CT molecular complexity index is 346. The van der Waals surface area contributed by atoms with Crippen LogP contribution in [-0.2, 0) is 14.0 Å². The van der Waals surface area contributed by atoms with Crippen molar-refractivity contribution in [1.82, 2.24) is 4.90 Å². The first-order chi connectivity index (χ1) is 8.94. The maximum atomic E-state index is 11.2. The second-order valence-electron chi connectivity index (χ2n) is 5.66. The van der Waals surface area contributed by atoms with Crippen LogP contribution in [0.1, 0.15) is 26.2 Å². The van der Waals surface area contributed by atoms with E-state index in [-0.39, 0.29) is 12.0 Å². The highest BCUT2D eigenvalue weighted by molar-refractivity contribution is 6.71. The molecule has 0 saturated carbocycles. The van der Waals surface area contributed by atoms with E-state index in [1.165, 1.54) is 0 Å². The van der Waals surface area contributed by atoms with Gasteiger partial charge in [-0.25, -0.2) is 9.79 Å². The van der Waals surface area contributed by atoms with Crippen molar-refractivity contribution < 1.29 is 14.0 Å². The molecule has 0 aromatic heterocycles. The summed E-state index contributed by atoms with van der Waals surface area (Å²) >= 11 is 0. The van der Waals surface area contributed by atoms with Crippen LogP contribution in [0.25, 0.3) is 0 Å². The van der Waals surface area contributed by atoms with Crippen LogP contribution in [0, 0.1) is 0 Å². The molecule has 1 aliphatic rings. The molecule has 0 aromatic carbocycles. The summed E-state index contributed by atoms with van der Waals surface area (Å²) in [6.07, 6.45) is 4.60. The predicted octanol–water partition coefficient (Wildman–Crippen LogP) is 1.94. The molecule has 1 rings (SSSR count). The number of amides is 1. The second kappa shape index (κ2) is 7.58. The van der Waals surface area contributed by atoms with E-state index in [0.29, 0.717) is 6.54 Å². The summed E-state index contributed by atoms with van der Waals surface area (Å²) in [6, 6.07) is 1.01. The van der Waals surface area contributed by atoms with Gasteiger partial charge in [-0.05, 0) is 38.4 Å². The van der Waals surface area contributed by atoms with Crippen LogP contribution in [0.2, 0.25) is 19.1 Å². The number of likely N-dealkylation sites (tertiary alicyclic amines) is 1. The molecular formula is C13H24N2O3Si. The first-order valence-corrected chi connectivity index (χ1v) is 10.0. The molecule has 1 heterocycles. The largest absolute Gasteiger partial charge is 0.414 e. The Kier molecular flexibility index (Phi) is 6.41. The third kappa shape index (κ3) is 6.14. The van der Waals surface area contributed by atoms with Gasteiger partial charge in [-0.15, -0.1) is 0 Å². The number of nitrogens with zero attached hydrogens (tertiary/aromatic N) is 2. The van der Waals surface area contributed by atoms with Gasteiger partial charge in [0.15, 0.2) is 8.32 Å². The summed E-state index contributed by atoms with van der Waals surface area (Å²) < 4.78 is 6.25. The molecule has 0 radical (unpaired) electrons. The van der Waals surface area contributed by atoms with Crippen LogP contribution in [0.15, 0.2) is 4.99 Å². The number of hydrogen-bond donors (Lipinski definition) is 0. The SMILES string of the molecule is CC(=O)N1CCC(O[Si](C)(C)CCCN=C=O)CC1. The zero-order valence-corrected chi connectivity index (χ0v) is 13.1. The van der Waals surface area contributed by atoms with Gasteiger partial charge in [0.25, 0.3) is 0 Å². The molecule has 0 unspecified atom stereocenters. The van der Waals surface area contributed by atoms with E-state index < -0.39 is 8.32 Å². The smallest absolute Gasteiger partial charge is 0.234 e. The van der Waals surface area contributed by atoms with Crippen LogP contribution < -0.4 is 0 Å². The summed E-state index contributed by atoms with van der Waals surface area (Å²) in [5.41, 5.74) is 0. The van der Waals surface area contributed by atoms with Crippen LogP contribution in [0.5, 0.6) is 0 Å². The van der Waals surface area contributed by atoms with Crippen molar-refractivity contribution >= 4 is 20.3 Å². The number of rotatable bonds is 6. The number of aliphatic imine (C=N–C) groups is 1. The maximum absolute atomic E-state index is 11.2. The Morgan fingerprint density at radius 1 is 1.42 bits per heavy atom. The van der Waals surface area contributed by atoms with Crippen molar-refractivity contribution in [1.29, 1.82) is 0 Å². The Morgan fingerprint density at radius 2 is 2.05 bits per heavy atom. The van der Waals surface area contributed by atoms with Gasteiger partial charge in [-0.1, -0.05) is 0 Å². The van der Waals surface area contributed by atoms with Crippen molar-refractivity contribution in [2.24, 2.45) is 4.99 Å². The lowest BCUT2D eigenvalue weighted by Crippen LogP contribution is -2.44. The quantitative estimate of drug-likeness (QED) is 0.324. The zero-order valence-electron chi connectivity index (χ0n) is 12.1. The predicted molar refractivity (Wildman–Crippen MR) is 76.3 cm³/mol. The molecule has 1 aliphatic heterocycles. The molecule has 0 spiro atoms. The maximum Gasteiger partial charge on any atom is 0.234 e. The van der Waals surface area contributed by atoms with Crippen molar-refractivity contribution in [3.63, 3.8) is 0 Å². The summed E-state index contributed by atoms with van der Waals surface area (Å²) in [6.45, 7) is 8.18. The topological polar surface area (TPSA) is 59.0 Å². The molecule has 5 nitrogen and oxygen atoms in total. The van der Waals surface area contributed by atoms with Crippen molar-refractivity contribution in [3.8, 4) is 0 Å². The average molecular weight is 284 g/mol. The van der Waals surface area contributed by atoms with Crippen LogP contribution >= 0.6 is 0 Å². The molecule has 1 saturated heterocycles. The van der Waals surface area contributed by atoms with Crippen LogP contribution in [0.3, 0.4) is 0 Å². The molecule has 1 amide bonds. The fourth-order valence-electron chi connectivity index (χ4n) is 2.43. The van der Waals surface area contributed by atoms with Gasteiger partial charge >= 0.3 is 0 Å². The second-order valence-corrected chi connectivity index (χ2v) is 9.91. The highest BCUT2D eigenvalue weighted by Crippen LogP contribution is 2.22. The Labute approximate surface area is 116 Å². The van der Waals surface area contributed by atoms with Gasteiger partial charge in [-0.2, -0.15) is 0 Å². The minimum absolute atomic E-state index is 0.154. The van der Waals surface area contributed by atoms with Gasteiger partial charge in [0.1, 0.15) is 0 Å². The Balaban J connectivity index is 2.30. The summed E-state index contributed by atoms with van der Waals surface area (Å²) in [7, 11) is -1.68. The van der Waals surface area contributed by atoms with Gasteiger partial charge < -0.3 is 9.33 Å². The van der Waals surface area contributed by atoms with Gasteiger partial charge in [0.05, 0.1) is 6.54 Å². The summed E-state index contributed by atoms with van der Waals surface area (Å²) in [4.78, 5) is 26.7. The van der Waals surface area contributed by atoms with E-state index in [4.69, 9.17) is 4.43 Å². The lowest BCUT2D eigenvalue weighted by molar-refractivity contribution is -0.130. The minimum Gasteiger partial charge on any atom is -0.414 e. The van der Waals surface area contributed by atoms with E-state index in [9.17, 15) is 9.59 Å². The molecule has 0 bridgehead atoms. The monoisotopic (exact) mass is 284 g/mol. The average Bonchev–Trinajstić information content (AvgIpc) is 2.35. The molecule has 0 N–H and O–H groups in total. The van der Waals surface area contributed by atoms with E-state index in [0.717, 1.165) is 38.4 Å². The van der Waals surface area contributed by atoms with E-state index in [2.05, 4.69) is 18.1 Å². The number of carbonyl (C=O) groups excluding carboxylic acids is 2. The van der Waals surface area contributed by atoms with Crippen molar-refractivity contribution in [3.05, 3.63) is 0 Å². The lowest BCUT2D eigenvalue weighted by atomic mass is 10.1. The molecule has 6 heteroatoms. The number of hydrogen-bond acceptors (Lipinski definition) is 4. The fourth-order valence-corrected chi connectivity index (χ4v) is 4.69. The highest BCUT2D eigenvalue weighted by atomic mass is 28.4. The standard InChI is InChI=1S/C13H24N2O3Si/c1-12(17)15-8-5-13(6-9-15)18-19(2,3)10-4-7-14-11-16/h13H,4-10H2,1-3H3. The highest BCUT2D eigenvalue weighted by Gasteiger charge is 2.29. The lowest BCUT2D eigenvalue weighted by Gasteiger charge is -2.36. The normalized spacial score (nSPS) is 17.1. The molecule has 0 aromatic rings. The van der Waals surface area contributed by atoms with Gasteiger partial charge in [-0.3, -0.25) is 4.79 Å². The number of piperidine rings is 1. The fraction of sp³-hybridized carbons (Fsp3) is 0.846. The number of carbonyl (C=O) groups is 1. The first kappa shape index (κ1) is 16.1. The zero-order chi connectivity index (χ0) is 14.3. The summed E-state index contributed by atoms with van der Waals surface area (Å²) in [5.74, 6) is 0.154. The van der Waals surface area contributed by atoms with Gasteiger partial charge in [0.2, 0.25) is 12.0 Å². The molecule has 0 atom stereocenters. The molecule has 1 fully saturated rings. The van der Waals surface area contributed by atoms with Crippen LogP contribution in [0.4, 0.5) is 0 Å². The molecular weight excluding hydrogens is 260 g/mol. The summed E-state index contributed by atoms with van der Waals surface area (Å²) in [5, 5.41) is 0. The Hall–Kier alpha value is -0.973. The van der Waals surface area contributed by atoms with E-state index in [1.54, 1.807) is 13.0 Å². The van der Waals surface area contributed by atoms with E-state index >= 15 is 0 Å². The number of isocyanates is 1. The van der Waals surface area contributed by atoms with E-state index in [1.807, 2.05) is 4.90 Å². The minimum atomic E-state index is -1.68. The molecule has 108 valence electrons. The third-order valence-corrected chi connectivity index (χ3v) is 6.02. The van der Waals surface area contributed by atoms with Crippen molar-refractivity contribution in [2.45, 2.75) is 51.4 Å². The molecule has 19 heavy (non-hydrogen) atoms.